The van der Waals surface area contributed by atoms with Crippen LogP contribution in [0.4, 0.5) is 11.4 Å². The molecule has 1 heterocycles. The molecule has 1 aliphatic rings. The smallest absolute Gasteiger partial charge is 0.335 e. The number of hydrogen-bond donors (Lipinski definition) is 3. The molecule has 0 aromatic heterocycles. The topological polar surface area (TPSA) is 95.7 Å². The van der Waals surface area contributed by atoms with Crippen LogP contribution in [0, 0.1) is 0 Å². The minimum absolute atomic E-state index is 0.175. The second-order valence-corrected chi connectivity index (χ2v) is 3.89. The van der Waals surface area contributed by atoms with E-state index in [2.05, 4.69) is 5.32 Å². The van der Waals surface area contributed by atoms with Crippen molar-refractivity contribution in [3.63, 3.8) is 0 Å². The van der Waals surface area contributed by atoms with Crippen LogP contribution in [0.5, 0.6) is 0 Å². The lowest BCUT2D eigenvalue weighted by atomic mass is 10.1. The van der Waals surface area contributed by atoms with E-state index in [0.29, 0.717) is 11.4 Å². The lowest BCUT2D eigenvalue weighted by Gasteiger charge is -2.34. The zero-order valence-corrected chi connectivity index (χ0v) is 9.30. The predicted octanol–water partition coefficient (Wildman–Crippen LogP) is 0.100. The number of hydrogen-bond acceptors (Lipinski definition) is 4. The van der Waals surface area contributed by atoms with Gasteiger partial charge in [-0.25, -0.2) is 4.79 Å². The van der Waals surface area contributed by atoms with Crippen molar-refractivity contribution in [2.75, 3.05) is 23.8 Å². The third kappa shape index (κ3) is 1.83. The zero-order chi connectivity index (χ0) is 12.6. The van der Waals surface area contributed by atoms with E-state index in [1.54, 1.807) is 18.0 Å². The van der Waals surface area contributed by atoms with Gasteiger partial charge in [-0.15, -0.1) is 0 Å². The molecule has 1 unspecified atom stereocenters. The number of anilines is 2. The fourth-order valence-corrected chi connectivity index (χ4v) is 1.89. The third-order valence-electron chi connectivity index (χ3n) is 2.88. The van der Waals surface area contributed by atoms with Gasteiger partial charge in [-0.1, -0.05) is 0 Å². The number of carboxylic acid groups (broad SMARTS) is 1. The van der Waals surface area contributed by atoms with Gasteiger partial charge in [-0.05, 0) is 18.2 Å². The largest absolute Gasteiger partial charge is 0.478 e. The van der Waals surface area contributed by atoms with Crippen molar-refractivity contribution >= 4 is 23.3 Å². The highest BCUT2D eigenvalue weighted by molar-refractivity contribution is 6.04. The lowest BCUT2D eigenvalue weighted by molar-refractivity contribution is -0.117. The third-order valence-corrected chi connectivity index (χ3v) is 2.88. The number of nitrogens with zero attached hydrogens (tertiary/aromatic N) is 1. The highest BCUT2D eigenvalue weighted by Crippen LogP contribution is 2.31. The summed E-state index contributed by atoms with van der Waals surface area (Å²) in [4.78, 5) is 24.2. The monoisotopic (exact) mass is 235 g/mol. The van der Waals surface area contributed by atoms with Gasteiger partial charge in [0.2, 0.25) is 5.91 Å². The Balaban J connectivity index is 2.47. The van der Waals surface area contributed by atoms with Crippen molar-refractivity contribution in [2.24, 2.45) is 5.73 Å². The SMILES string of the molecule is CN1c2cc(C(=O)O)ccc2NC(=O)C1CN. The normalized spacial score (nSPS) is 18.6. The number of amides is 1. The number of likely N-dealkylation sites (N-methyl/N-ethyl adjacent to an activating group) is 1. The first-order valence-corrected chi connectivity index (χ1v) is 5.15. The fourth-order valence-electron chi connectivity index (χ4n) is 1.89. The Bertz CT molecular complexity index is 487. The molecule has 0 saturated carbocycles. The van der Waals surface area contributed by atoms with Gasteiger partial charge in [0.15, 0.2) is 0 Å². The maximum atomic E-state index is 11.7. The Morgan fingerprint density at radius 2 is 2.29 bits per heavy atom. The molecule has 0 fully saturated rings. The second-order valence-electron chi connectivity index (χ2n) is 3.89. The van der Waals surface area contributed by atoms with Gasteiger partial charge in [0, 0.05) is 13.6 Å². The molecule has 0 aliphatic carbocycles. The summed E-state index contributed by atoms with van der Waals surface area (Å²) >= 11 is 0. The molecule has 2 rings (SSSR count). The van der Waals surface area contributed by atoms with Crippen LogP contribution in [0.25, 0.3) is 0 Å². The van der Waals surface area contributed by atoms with Crippen molar-refractivity contribution < 1.29 is 14.7 Å². The number of benzene rings is 1. The minimum atomic E-state index is -0.998. The van der Waals surface area contributed by atoms with Crippen molar-refractivity contribution in [3.8, 4) is 0 Å². The summed E-state index contributed by atoms with van der Waals surface area (Å²) in [5.74, 6) is -1.17. The summed E-state index contributed by atoms with van der Waals surface area (Å²) in [7, 11) is 1.72. The van der Waals surface area contributed by atoms with Gasteiger partial charge in [-0.3, -0.25) is 4.79 Å². The molecule has 1 amide bonds. The van der Waals surface area contributed by atoms with Gasteiger partial charge < -0.3 is 21.1 Å². The van der Waals surface area contributed by atoms with Gasteiger partial charge >= 0.3 is 5.97 Å². The van der Waals surface area contributed by atoms with Gasteiger partial charge in [0.25, 0.3) is 0 Å². The summed E-state index contributed by atoms with van der Waals surface area (Å²) < 4.78 is 0. The summed E-state index contributed by atoms with van der Waals surface area (Å²) in [5, 5.41) is 11.6. The van der Waals surface area contributed by atoms with E-state index in [4.69, 9.17) is 10.8 Å². The highest BCUT2D eigenvalue weighted by Gasteiger charge is 2.29. The quantitative estimate of drug-likeness (QED) is 0.675. The summed E-state index contributed by atoms with van der Waals surface area (Å²) in [5.41, 5.74) is 6.97. The van der Waals surface area contributed by atoms with Crippen molar-refractivity contribution in [2.45, 2.75) is 6.04 Å². The van der Waals surface area contributed by atoms with Crippen LogP contribution in [0.15, 0.2) is 18.2 Å². The van der Waals surface area contributed by atoms with Crippen LogP contribution in [0.2, 0.25) is 0 Å². The van der Waals surface area contributed by atoms with Gasteiger partial charge in [0.05, 0.1) is 16.9 Å². The highest BCUT2D eigenvalue weighted by atomic mass is 16.4. The molecule has 6 heteroatoms. The van der Waals surface area contributed by atoms with Crippen LogP contribution < -0.4 is 16.0 Å². The van der Waals surface area contributed by atoms with E-state index in [0.717, 1.165) is 0 Å². The Kier molecular flexibility index (Phi) is 2.72. The number of carboxylic acids is 1. The van der Waals surface area contributed by atoms with Crippen LogP contribution >= 0.6 is 0 Å². The maximum absolute atomic E-state index is 11.7. The molecule has 6 nitrogen and oxygen atoms in total. The molecular weight excluding hydrogens is 222 g/mol. The molecule has 17 heavy (non-hydrogen) atoms. The Morgan fingerprint density at radius 1 is 1.59 bits per heavy atom. The summed E-state index contributed by atoms with van der Waals surface area (Å²) in [6.45, 7) is 0.180. The minimum Gasteiger partial charge on any atom is -0.478 e. The first-order valence-electron chi connectivity index (χ1n) is 5.15. The Hall–Kier alpha value is -2.08. The number of nitrogens with one attached hydrogen (secondary N) is 1. The van der Waals surface area contributed by atoms with E-state index < -0.39 is 12.0 Å². The second kappa shape index (κ2) is 4.06. The molecule has 1 atom stereocenters. The average molecular weight is 235 g/mol. The van der Waals surface area contributed by atoms with E-state index in [1.165, 1.54) is 12.1 Å². The van der Waals surface area contributed by atoms with Crippen molar-refractivity contribution in [1.82, 2.24) is 0 Å². The molecule has 0 radical (unpaired) electrons. The Labute approximate surface area is 98.0 Å². The van der Waals surface area contributed by atoms with E-state index in [9.17, 15) is 9.59 Å². The maximum Gasteiger partial charge on any atom is 0.335 e. The molecule has 90 valence electrons. The first kappa shape index (κ1) is 11.4. The number of carbonyl (C=O) groups excluding carboxylic acids is 1. The standard InChI is InChI=1S/C11H13N3O3/c1-14-8-4-6(11(16)17)2-3-7(8)13-10(15)9(14)5-12/h2-4,9H,5,12H2,1H3,(H,13,15)(H,16,17). The van der Waals surface area contributed by atoms with Gasteiger partial charge in [-0.2, -0.15) is 0 Å². The molecule has 4 N–H and O–H groups in total. The number of carbonyl (C=O) groups is 2. The molecule has 0 saturated heterocycles. The van der Waals surface area contributed by atoms with E-state index >= 15 is 0 Å². The zero-order valence-electron chi connectivity index (χ0n) is 9.30. The summed E-state index contributed by atoms with van der Waals surface area (Å²) in [6.07, 6.45) is 0. The average Bonchev–Trinajstić information content (AvgIpc) is 2.29. The molecule has 0 spiro atoms. The van der Waals surface area contributed by atoms with Crippen LogP contribution in [0.1, 0.15) is 10.4 Å². The van der Waals surface area contributed by atoms with Crippen LogP contribution in [0.3, 0.4) is 0 Å². The van der Waals surface area contributed by atoms with Gasteiger partial charge in [0.1, 0.15) is 6.04 Å². The summed E-state index contributed by atoms with van der Waals surface area (Å²) in [6, 6.07) is 4.10. The predicted molar refractivity (Wildman–Crippen MR) is 63.3 cm³/mol. The number of nitrogens with two attached hydrogens (primary N) is 1. The van der Waals surface area contributed by atoms with Crippen LogP contribution in [-0.4, -0.2) is 36.6 Å². The first-order chi connectivity index (χ1) is 8.04. The fraction of sp³-hybridized carbons (Fsp3) is 0.273. The molecule has 0 bridgehead atoms. The number of rotatable bonds is 2. The lowest BCUT2D eigenvalue weighted by Crippen LogP contribution is -2.50. The van der Waals surface area contributed by atoms with Crippen molar-refractivity contribution in [1.29, 1.82) is 0 Å². The van der Waals surface area contributed by atoms with E-state index in [1.807, 2.05) is 0 Å². The molecular formula is C11H13N3O3. The molecule has 1 aromatic carbocycles. The number of fused-ring (bicyclic) bond motifs is 1. The van der Waals surface area contributed by atoms with Crippen LogP contribution in [-0.2, 0) is 4.79 Å². The molecule has 1 aliphatic heterocycles. The van der Waals surface area contributed by atoms with Crippen molar-refractivity contribution in [3.05, 3.63) is 23.8 Å². The Morgan fingerprint density at radius 3 is 2.88 bits per heavy atom. The van der Waals surface area contributed by atoms with E-state index in [-0.39, 0.29) is 18.0 Å². The molecule has 1 aromatic rings. The number of aromatic carboxylic acids is 1.